The summed E-state index contributed by atoms with van der Waals surface area (Å²) < 4.78 is 0. The summed E-state index contributed by atoms with van der Waals surface area (Å²) in [6.07, 6.45) is 0.745. The fourth-order valence-corrected chi connectivity index (χ4v) is 2.54. The van der Waals surface area contributed by atoms with Gasteiger partial charge in [-0.05, 0) is 12.1 Å². The zero-order valence-electron chi connectivity index (χ0n) is 11.5. The lowest BCUT2D eigenvalue weighted by molar-refractivity contribution is -0.384. The summed E-state index contributed by atoms with van der Waals surface area (Å²) in [4.78, 5) is 23.5. The fraction of sp³-hybridized carbons (Fsp3) is 0.286. The lowest BCUT2D eigenvalue weighted by atomic mass is 10.0. The van der Waals surface area contributed by atoms with E-state index in [1.54, 1.807) is 24.0 Å². The highest BCUT2D eigenvalue weighted by atomic mass is 16.6. The fourth-order valence-electron chi connectivity index (χ4n) is 2.54. The van der Waals surface area contributed by atoms with Crippen LogP contribution >= 0.6 is 0 Å². The van der Waals surface area contributed by atoms with Gasteiger partial charge in [0.05, 0.1) is 10.6 Å². The summed E-state index contributed by atoms with van der Waals surface area (Å²) in [5, 5.41) is 18.0. The number of hydrogen-bond donors (Lipinski definition) is 1. The van der Waals surface area contributed by atoms with Gasteiger partial charge in [0.15, 0.2) is 0 Å². The molecule has 1 aliphatic rings. The largest absolute Gasteiger partial charge is 0.338 e. The second-order valence-corrected chi connectivity index (χ2v) is 5.02. The van der Waals surface area contributed by atoms with Gasteiger partial charge in [-0.1, -0.05) is 0 Å². The van der Waals surface area contributed by atoms with Crippen LogP contribution in [-0.2, 0) is 17.8 Å². The number of nitrogens with zero attached hydrogens (tertiary/aromatic N) is 3. The van der Waals surface area contributed by atoms with Crippen LogP contribution in [0.1, 0.15) is 18.2 Å². The lowest BCUT2D eigenvalue weighted by Gasteiger charge is -2.25. The summed E-state index contributed by atoms with van der Waals surface area (Å²) in [5.74, 6) is 0.0384. The van der Waals surface area contributed by atoms with Crippen molar-refractivity contribution in [2.45, 2.75) is 19.9 Å². The average Bonchev–Trinajstić information content (AvgIpc) is 2.90. The number of nitro benzene ring substituents is 1. The number of fused-ring (bicyclic) bond motifs is 1. The Morgan fingerprint density at radius 3 is 2.71 bits per heavy atom. The van der Waals surface area contributed by atoms with E-state index in [-0.39, 0.29) is 11.6 Å². The summed E-state index contributed by atoms with van der Waals surface area (Å²) in [5.41, 5.74) is 3.63. The third-order valence-corrected chi connectivity index (χ3v) is 3.73. The topological polar surface area (TPSA) is 92.1 Å². The summed E-state index contributed by atoms with van der Waals surface area (Å²) in [7, 11) is 0. The Morgan fingerprint density at radius 2 is 2.10 bits per heavy atom. The van der Waals surface area contributed by atoms with Crippen molar-refractivity contribution in [2.24, 2.45) is 0 Å². The predicted molar refractivity (Wildman–Crippen MR) is 75.5 cm³/mol. The molecule has 108 valence electrons. The Kier molecular flexibility index (Phi) is 3.17. The normalized spacial score (nSPS) is 13.9. The first-order valence-electron chi connectivity index (χ1n) is 6.62. The maximum absolute atomic E-state index is 11.5. The van der Waals surface area contributed by atoms with Crippen LogP contribution in [0, 0.1) is 10.1 Å². The second kappa shape index (κ2) is 5.01. The number of rotatable bonds is 2. The number of nitrogens with one attached hydrogen (secondary N) is 1. The zero-order chi connectivity index (χ0) is 15.0. The molecule has 0 spiro atoms. The van der Waals surface area contributed by atoms with E-state index in [2.05, 4.69) is 10.2 Å². The van der Waals surface area contributed by atoms with Crippen LogP contribution in [0.25, 0.3) is 11.3 Å². The smallest absolute Gasteiger partial charge is 0.269 e. The van der Waals surface area contributed by atoms with Gasteiger partial charge in [0, 0.05) is 55.4 Å². The molecule has 1 amide bonds. The molecule has 0 atom stereocenters. The molecule has 1 N–H and O–H groups in total. The maximum atomic E-state index is 11.5. The number of amides is 1. The molecule has 0 radical (unpaired) electrons. The minimum atomic E-state index is -0.429. The van der Waals surface area contributed by atoms with Crippen LogP contribution in [0.3, 0.4) is 0 Å². The highest BCUT2D eigenvalue weighted by Gasteiger charge is 2.24. The molecule has 0 saturated carbocycles. The number of hydrogen-bond acceptors (Lipinski definition) is 4. The maximum Gasteiger partial charge on any atom is 0.269 e. The number of nitro groups is 1. The van der Waals surface area contributed by atoms with E-state index in [1.165, 1.54) is 12.1 Å². The molecule has 1 aliphatic heterocycles. The standard InChI is InChI=1S/C14H14N4O3/c1-9(19)17-7-6-13-12(8-17)14(16-15-13)10-2-4-11(5-3-10)18(20)21/h2-5H,6-8H2,1H3,(H,15,16). The van der Waals surface area contributed by atoms with Crippen molar-refractivity contribution < 1.29 is 9.72 Å². The molecule has 2 heterocycles. The van der Waals surface area contributed by atoms with Crippen LogP contribution in [-0.4, -0.2) is 32.5 Å². The number of benzene rings is 1. The SMILES string of the molecule is CC(=O)N1CCc2[nH]nc(-c3ccc([N+](=O)[O-])cc3)c2C1. The van der Waals surface area contributed by atoms with E-state index < -0.39 is 4.92 Å². The Morgan fingerprint density at radius 1 is 1.38 bits per heavy atom. The Bertz CT molecular complexity index is 706. The molecular formula is C14H14N4O3. The molecular weight excluding hydrogens is 272 g/mol. The van der Waals surface area contributed by atoms with Gasteiger partial charge in [-0.2, -0.15) is 5.10 Å². The first kappa shape index (κ1) is 13.3. The van der Waals surface area contributed by atoms with Crippen molar-refractivity contribution in [2.75, 3.05) is 6.54 Å². The van der Waals surface area contributed by atoms with Crippen molar-refractivity contribution in [3.8, 4) is 11.3 Å². The molecule has 1 aromatic heterocycles. The van der Waals surface area contributed by atoms with E-state index in [0.29, 0.717) is 13.1 Å². The lowest BCUT2D eigenvalue weighted by Crippen LogP contribution is -2.34. The third kappa shape index (κ3) is 2.37. The van der Waals surface area contributed by atoms with E-state index in [1.807, 2.05) is 0 Å². The van der Waals surface area contributed by atoms with Gasteiger partial charge in [0.1, 0.15) is 0 Å². The molecule has 0 unspecified atom stereocenters. The van der Waals surface area contributed by atoms with Crippen LogP contribution < -0.4 is 0 Å². The Labute approximate surface area is 120 Å². The van der Waals surface area contributed by atoms with Crippen LogP contribution in [0.5, 0.6) is 0 Å². The Balaban J connectivity index is 1.95. The molecule has 0 fully saturated rings. The highest BCUT2D eigenvalue weighted by molar-refractivity contribution is 5.74. The molecule has 1 aromatic carbocycles. The molecule has 7 heteroatoms. The van der Waals surface area contributed by atoms with Gasteiger partial charge >= 0.3 is 0 Å². The summed E-state index contributed by atoms with van der Waals surface area (Å²) in [6, 6.07) is 6.28. The van der Waals surface area contributed by atoms with Crippen LogP contribution in [0.2, 0.25) is 0 Å². The molecule has 7 nitrogen and oxygen atoms in total. The van der Waals surface area contributed by atoms with E-state index in [0.717, 1.165) is 28.9 Å². The predicted octanol–water partition coefficient (Wildman–Crippen LogP) is 1.89. The Hall–Kier alpha value is -2.70. The van der Waals surface area contributed by atoms with E-state index >= 15 is 0 Å². The number of carbonyl (C=O) groups is 1. The van der Waals surface area contributed by atoms with Crippen molar-refractivity contribution in [1.82, 2.24) is 15.1 Å². The van der Waals surface area contributed by atoms with Gasteiger partial charge < -0.3 is 4.90 Å². The van der Waals surface area contributed by atoms with Gasteiger partial charge in [0.25, 0.3) is 5.69 Å². The molecule has 3 rings (SSSR count). The third-order valence-electron chi connectivity index (χ3n) is 3.73. The number of non-ortho nitro benzene ring substituents is 1. The van der Waals surface area contributed by atoms with Crippen molar-refractivity contribution in [3.05, 3.63) is 45.6 Å². The summed E-state index contributed by atoms with van der Waals surface area (Å²) >= 11 is 0. The first-order valence-corrected chi connectivity index (χ1v) is 6.62. The van der Waals surface area contributed by atoms with Crippen molar-refractivity contribution in [3.63, 3.8) is 0 Å². The molecule has 0 aliphatic carbocycles. The van der Waals surface area contributed by atoms with Gasteiger partial charge in [0.2, 0.25) is 5.91 Å². The van der Waals surface area contributed by atoms with Crippen molar-refractivity contribution in [1.29, 1.82) is 0 Å². The summed E-state index contributed by atoms with van der Waals surface area (Å²) in [6.45, 7) is 2.76. The van der Waals surface area contributed by atoms with Gasteiger partial charge in [-0.25, -0.2) is 0 Å². The van der Waals surface area contributed by atoms with E-state index in [4.69, 9.17) is 0 Å². The molecule has 0 bridgehead atoms. The minimum absolute atomic E-state index is 0.0384. The average molecular weight is 286 g/mol. The quantitative estimate of drug-likeness (QED) is 0.674. The van der Waals surface area contributed by atoms with E-state index in [9.17, 15) is 14.9 Å². The van der Waals surface area contributed by atoms with Gasteiger partial charge in [-0.15, -0.1) is 0 Å². The van der Waals surface area contributed by atoms with Gasteiger partial charge in [-0.3, -0.25) is 20.0 Å². The van der Waals surface area contributed by atoms with Crippen LogP contribution in [0.15, 0.2) is 24.3 Å². The first-order chi connectivity index (χ1) is 10.1. The number of H-pyrrole nitrogens is 1. The van der Waals surface area contributed by atoms with Crippen molar-refractivity contribution >= 4 is 11.6 Å². The second-order valence-electron chi connectivity index (χ2n) is 5.02. The number of aromatic nitrogens is 2. The highest BCUT2D eigenvalue weighted by Crippen LogP contribution is 2.29. The number of carbonyl (C=O) groups excluding carboxylic acids is 1. The molecule has 0 saturated heterocycles. The zero-order valence-corrected chi connectivity index (χ0v) is 11.5. The molecule has 2 aromatic rings. The minimum Gasteiger partial charge on any atom is -0.338 e. The number of aromatic amines is 1. The monoisotopic (exact) mass is 286 g/mol. The molecule has 21 heavy (non-hydrogen) atoms. The van der Waals surface area contributed by atoms with Crippen LogP contribution in [0.4, 0.5) is 5.69 Å².